The highest BCUT2D eigenvalue weighted by Crippen LogP contribution is 2.43. The minimum absolute atomic E-state index is 1.00. The van der Waals surface area contributed by atoms with Gasteiger partial charge in [0.2, 0.25) is 0 Å². The Balaban J connectivity index is 1.43. The van der Waals surface area contributed by atoms with E-state index < -0.39 is 0 Å². The van der Waals surface area contributed by atoms with Crippen LogP contribution in [0.1, 0.15) is 11.1 Å². The topological polar surface area (TPSA) is 4.93 Å². The minimum Gasteiger partial charge on any atom is -0.309 e. The Morgan fingerprint density at radius 3 is 2.14 bits per heavy atom. The summed E-state index contributed by atoms with van der Waals surface area (Å²) >= 11 is 0. The maximum absolute atomic E-state index is 2.47. The van der Waals surface area contributed by atoms with Crippen molar-refractivity contribution in [2.75, 3.05) is 0 Å². The molecule has 1 aliphatic carbocycles. The molecule has 1 aromatic heterocycles. The Morgan fingerprint density at radius 1 is 0.472 bits per heavy atom. The zero-order valence-corrected chi connectivity index (χ0v) is 19.8. The first-order chi connectivity index (χ1) is 17.9. The number of benzene rings is 6. The van der Waals surface area contributed by atoms with E-state index in [0.717, 1.165) is 6.42 Å². The van der Waals surface area contributed by atoms with Gasteiger partial charge in [-0.05, 0) is 69.3 Å². The molecule has 0 unspecified atom stereocenters. The molecule has 0 amide bonds. The van der Waals surface area contributed by atoms with Crippen LogP contribution >= 0.6 is 0 Å². The fourth-order valence-electron chi connectivity index (χ4n) is 6.23. The molecule has 0 fully saturated rings. The highest BCUT2D eigenvalue weighted by atomic mass is 15.0. The predicted molar refractivity (Wildman–Crippen MR) is 152 cm³/mol. The van der Waals surface area contributed by atoms with Gasteiger partial charge in [0.05, 0.1) is 16.7 Å². The van der Waals surface area contributed by atoms with Crippen LogP contribution in [-0.2, 0) is 6.42 Å². The molecule has 1 aliphatic rings. The molecule has 6 aromatic carbocycles. The molecule has 1 heterocycles. The van der Waals surface area contributed by atoms with Gasteiger partial charge in [-0.25, -0.2) is 0 Å². The third-order valence-corrected chi connectivity index (χ3v) is 7.81. The van der Waals surface area contributed by atoms with Gasteiger partial charge in [0.1, 0.15) is 0 Å². The molecule has 0 aliphatic heterocycles. The van der Waals surface area contributed by atoms with Crippen molar-refractivity contribution in [1.82, 2.24) is 4.57 Å². The Labute approximate surface area is 209 Å². The van der Waals surface area contributed by atoms with Gasteiger partial charge in [-0.1, -0.05) is 103 Å². The normalized spacial score (nSPS) is 12.3. The van der Waals surface area contributed by atoms with Crippen molar-refractivity contribution in [3.8, 4) is 27.9 Å². The Morgan fingerprint density at radius 2 is 1.17 bits per heavy atom. The van der Waals surface area contributed by atoms with E-state index in [4.69, 9.17) is 0 Å². The van der Waals surface area contributed by atoms with Crippen molar-refractivity contribution in [2.24, 2.45) is 0 Å². The summed E-state index contributed by atoms with van der Waals surface area (Å²) < 4.78 is 2.47. The van der Waals surface area contributed by atoms with Crippen LogP contribution in [0.15, 0.2) is 127 Å². The van der Waals surface area contributed by atoms with Crippen molar-refractivity contribution in [1.29, 1.82) is 0 Å². The molecule has 1 heteroatoms. The second kappa shape index (κ2) is 7.44. The van der Waals surface area contributed by atoms with Crippen LogP contribution in [0.2, 0.25) is 0 Å². The number of para-hydroxylation sites is 1. The minimum atomic E-state index is 1.00. The van der Waals surface area contributed by atoms with E-state index >= 15 is 0 Å². The zero-order valence-electron chi connectivity index (χ0n) is 19.8. The average molecular weight is 458 g/mol. The third kappa shape index (κ3) is 2.71. The molecule has 0 radical (unpaired) electrons. The quantitative estimate of drug-likeness (QED) is 0.244. The lowest BCUT2D eigenvalue weighted by Crippen LogP contribution is -1.97. The van der Waals surface area contributed by atoms with Gasteiger partial charge in [0.25, 0.3) is 0 Å². The van der Waals surface area contributed by atoms with E-state index in [1.165, 1.54) is 71.6 Å². The highest BCUT2D eigenvalue weighted by molar-refractivity contribution is 6.12. The number of hydrogen-bond donors (Lipinski definition) is 0. The largest absolute Gasteiger partial charge is 0.309 e. The number of rotatable bonds is 2. The lowest BCUT2D eigenvalue weighted by atomic mass is 9.97. The molecule has 0 bridgehead atoms. The van der Waals surface area contributed by atoms with Crippen molar-refractivity contribution >= 4 is 32.6 Å². The van der Waals surface area contributed by atoms with E-state index in [9.17, 15) is 0 Å². The lowest BCUT2D eigenvalue weighted by Gasteiger charge is -2.14. The van der Waals surface area contributed by atoms with E-state index in [1.54, 1.807) is 0 Å². The van der Waals surface area contributed by atoms with Crippen molar-refractivity contribution in [3.63, 3.8) is 0 Å². The molecule has 0 saturated carbocycles. The molecule has 7 aromatic rings. The van der Waals surface area contributed by atoms with E-state index in [-0.39, 0.29) is 0 Å². The second-order valence-electron chi connectivity index (χ2n) is 9.76. The smallest absolute Gasteiger partial charge is 0.0543 e. The summed E-state index contributed by atoms with van der Waals surface area (Å²) in [4.78, 5) is 0. The van der Waals surface area contributed by atoms with Crippen LogP contribution in [0.25, 0.3) is 60.5 Å². The maximum Gasteiger partial charge on any atom is 0.0543 e. The fourth-order valence-corrected chi connectivity index (χ4v) is 6.23. The van der Waals surface area contributed by atoms with Gasteiger partial charge >= 0.3 is 0 Å². The Kier molecular flexibility index (Phi) is 4.06. The predicted octanol–water partition coefficient (Wildman–Crippen LogP) is 9.18. The number of fused-ring (bicyclic) bond motifs is 7. The molecule has 0 N–H and O–H groups in total. The Hall–Kier alpha value is -4.62. The Bertz CT molecular complexity index is 1970. The first-order valence-corrected chi connectivity index (χ1v) is 12.6. The summed E-state index contributed by atoms with van der Waals surface area (Å²) in [5.41, 5.74) is 11.9. The summed E-state index contributed by atoms with van der Waals surface area (Å²) in [6.45, 7) is 0. The van der Waals surface area contributed by atoms with E-state index in [2.05, 4.69) is 132 Å². The van der Waals surface area contributed by atoms with Gasteiger partial charge in [0, 0.05) is 16.3 Å². The molecular formula is C35H23N. The summed E-state index contributed by atoms with van der Waals surface area (Å²) in [6, 6.07) is 46.7. The standard InChI is InChI=1S/C35H23N/c1-3-13-27-23(9-1)11-7-16-28(27)25-19-20-33-31(22-25)30-15-5-6-17-32(30)36(33)34-18-8-12-26-21-24-10-2-4-14-29(24)35(26)34/h1-20,22H,21H2. The molecule has 0 atom stereocenters. The van der Waals surface area contributed by atoms with Crippen LogP contribution < -0.4 is 0 Å². The van der Waals surface area contributed by atoms with E-state index in [1.807, 2.05) is 0 Å². The molecule has 168 valence electrons. The average Bonchev–Trinajstić information content (AvgIpc) is 3.48. The SMILES string of the molecule is c1ccc2c(c1)Cc1cccc(-n3c4ccccc4c4cc(-c5cccc6ccccc56)ccc43)c1-2. The van der Waals surface area contributed by atoms with Crippen LogP contribution in [0, 0.1) is 0 Å². The maximum atomic E-state index is 2.47. The number of aromatic nitrogens is 1. The second-order valence-corrected chi connectivity index (χ2v) is 9.76. The third-order valence-electron chi connectivity index (χ3n) is 7.81. The molecule has 0 saturated heterocycles. The van der Waals surface area contributed by atoms with Gasteiger partial charge in [0.15, 0.2) is 0 Å². The summed E-state index contributed by atoms with van der Waals surface area (Å²) in [6.07, 6.45) is 1.00. The first kappa shape index (κ1) is 19.7. The van der Waals surface area contributed by atoms with Crippen LogP contribution in [0.4, 0.5) is 0 Å². The van der Waals surface area contributed by atoms with Gasteiger partial charge in [-0.2, -0.15) is 0 Å². The van der Waals surface area contributed by atoms with Gasteiger partial charge in [-0.3, -0.25) is 0 Å². The number of hydrogen-bond acceptors (Lipinski definition) is 0. The van der Waals surface area contributed by atoms with Crippen molar-refractivity contribution in [3.05, 3.63) is 139 Å². The first-order valence-electron chi connectivity index (χ1n) is 12.6. The molecule has 0 spiro atoms. The molecule has 36 heavy (non-hydrogen) atoms. The monoisotopic (exact) mass is 457 g/mol. The summed E-state index contributed by atoms with van der Waals surface area (Å²) in [5.74, 6) is 0. The highest BCUT2D eigenvalue weighted by Gasteiger charge is 2.23. The van der Waals surface area contributed by atoms with Crippen LogP contribution in [0.3, 0.4) is 0 Å². The van der Waals surface area contributed by atoms with Gasteiger partial charge < -0.3 is 4.57 Å². The van der Waals surface area contributed by atoms with Crippen LogP contribution in [0.5, 0.6) is 0 Å². The van der Waals surface area contributed by atoms with Crippen LogP contribution in [-0.4, -0.2) is 4.57 Å². The molecule has 1 nitrogen and oxygen atoms in total. The molecule has 8 rings (SSSR count). The lowest BCUT2D eigenvalue weighted by molar-refractivity contribution is 1.17. The molecular weight excluding hydrogens is 434 g/mol. The van der Waals surface area contributed by atoms with E-state index in [0.29, 0.717) is 0 Å². The summed E-state index contributed by atoms with van der Waals surface area (Å²) in [5, 5.41) is 5.15. The summed E-state index contributed by atoms with van der Waals surface area (Å²) in [7, 11) is 0. The van der Waals surface area contributed by atoms with Crippen molar-refractivity contribution in [2.45, 2.75) is 6.42 Å². The zero-order chi connectivity index (χ0) is 23.6. The van der Waals surface area contributed by atoms with Crippen molar-refractivity contribution < 1.29 is 0 Å². The van der Waals surface area contributed by atoms with Gasteiger partial charge in [-0.15, -0.1) is 0 Å². The number of nitrogens with zero attached hydrogens (tertiary/aromatic N) is 1. The fraction of sp³-hybridized carbons (Fsp3) is 0.0286.